The fourth-order valence-electron chi connectivity index (χ4n) is 4.42. The van der Waals surface area contributed by atoms with E-state index < -0.39 is 0 Å². The molecule has 1 amide bonds. The lowest BCUT2D eigenvalue weighted by atomic mass is 10.1. The number of imidazole rings is 1. The van der Waals surface area contributed by atoms with E-state index in [1.165, 1.54) is 0 Å². The summed E-state index contributed by atoms with van der Waals surface area (Å²) in [5, 5.41) is 3.77. The Hall–Kier alpha value is -1.63. The van der Waals surface area contributed by atoms with Crippen LogP contribution in [0, 0.1) is 0 Å². The summed E-state index contributed by atoms with van der Waals surface area (Å²) in [6, 6.07) is 6.71. The molecule has 1 aromatic carbocycles. The van der Waals surface area contributed by atoms with Crippen LogP contribution in [-0.2, 0) is 11.3 Å². The number of H-pyrrole nitrogens is 1. The number of fused-ring (bicyclic) bond motifs is 3. The average Bonchev–Trinajstić information content (AvgIpc) is 3.14. The summed E-state index contributed by atoms with van der Waals surface area (Å²) in [7, 11) is 0. The van der Waals surface area contributed by atoms with E-state index in [0.717, 1.165) is 49.3 Å². The minimum atomic E-state index is -0.180. The topological polar surface area (TPSA) is 64.3 Å². The summed E-state index contributed by atoms with van der Waals surface area (Å²) in [5.41, 5.74) is 1.65. The third kappa shape index (κ3) is 5.30. The van der Waals surface area contributed by atoms with Crippen molar-refractivity contribution in [1.82, 2.24) is 25.1 Å². The molecule has 0 spiro atoms. The Morgan fingerprint density at radius 3 is 2.48 bits per heavy atom. The maximum absolute atomic E-state index is 12.4. The lowest BCUT2D eigenvalue weighted by Gasteiger charge is -2.40. The van der Waals surface area contributed by atoms with E-state index in [2.05, 4.69) is 25.1 Å². The van der Waals surface area contributed by atoms with Crippen LogP contribution in [0.15, 0.2) is 18.2 Å². The predicted octanol–water partition coefficient (Wildman–Crippen LogP) is 3.81. The zero-order chi connectivity index (χ0) is 21.2. The molecule has 3 heterocycles. The maximum Gasteiger partial charge on any atom is 0.234 e. The number of aromatic nitrogens is 2. The third-order valence-corrected chi connectivity index (χ3v) is 5.74. The first-order valence-corrected chi connectivity index (χ1v) is 11.1. The van der Waals surface area contributed by atoms with Gasteiger partial charge in [-0.1, -0.05) is 31.5 Å². The van der Waals surface area contributed by atoms with Gasteiger partial charge in [0.15, 0.2) is 0 Å². The number of rotatable bonds is 4. The van der Waals surface area contributed by atoms with Crippen molar-refractivity contribution >= 4 is 28.5 Å². The van der Waals surface area contributed by atoms with Crippen LogP contribution in [0.1, 0.15) is 53.3 Å². The molecule has 0 saturated carbocycles. The summed E-state index contributed by atoms with van der Waals surface area (Å²) < 4.78 is 0. The Morgan fingerprint density at radius 2 is 1.90 bits per heavy atom. The molecule has 2 unspecified atom stereocenters. The zero-order valence-electron chi connectivity index (χ0n) is 18.3. The molecule has 160 valence electrons. The second-order valence-corrected chi connectivity index (χ2v) is 9.28. The van der Waals surface area contributed by atoms with Crippen LogP contribution in [0.3, 0.4) is 0 Å². The van der Waals surface area contributed by atoms with Crippen molar-refractivity contribution in [2.75, 3.05) is 19.6 Å². The van der Waals surface area contributed by atoms with E-state index in [1.807, 2.05) is 52.8 Å². The molecule has 2 atom stereocenters. The van der Waals surface area contributed by atoms with E-state index in [0.29, 0.717) is 23.7 Å². The van der Waals surface area contributed by atoms with Crippen molar-refractivity contribution in [2.24, 2.45) is 0 Å². The molecular formula is C22H34ClN5O. The molecule has 7 heteroatoms. The predicted molar refractivity (Wildman–Crippen MR) is 119 cm³/mol. The van der Waals surface area contributed by atoms with Gasteiger partial charge in [-0.05, 0) is 45.7 Å². The van der Waals surface area contributed by atoms with E-state index in [9.17, 15) is 4.79 Å². The van der Waals surface area contributed by atoms with Crippen molar-refractivity contribution in [3.8, 4) is 0 Å². The van der Waals surface area contributed by atoms with E-state index in [4.69, 9.17) is 11.6 Å². The van der Waals surface area contributed by atoms with Crippen LogP contribution in [0.4, 0.5) is 0 Å². The fourth-order valence-corrected chi connectivity index (χ4v) is 4.64. The molecule has 0 radical (unpaired) electrons. The highest BCUT2D eigenvalue weighted by Gasteiger charge is 2.40. The Morgan fingerprint density at radius 1 is 1.24 bits per heavy atom. The fraction of sp³-hybridized carbons (Fsp3) is 0.636. The molecule has 4 rings (SSSR count). The van der Waals surface area contributed by atoms with Crippen LogP contribution >= 0.6 is 11.6 Å². The number of para-hydroxylation sites is 1. The van der Waals surface area contributed by atoms with Crippen LogP contribution in [0.2, 0.25) is 5.02 Å². The first-order valence-electron chi connectivity index (χ1n) is 10.7. The molecule has 2 aliphatic heterocycles. The van der Waals surface area contributed by atoms with Gasteiger partial charge in [0.2, 0.25) is 5.91 Å². The van der Waals surface area contributed by atoms with Gasteiger partial charge in [-0.3, -0.25) is 14.6 Å². The minimum absolute atomic E-state index is 0.125. The highest BCUT2D eigenvalue weighted by atomic mass is 35.5. The highest BCUT2D eigenvalue weighted by molar-refractivity contribution is 6.34. The number of halogens is 1. The maximum atomic E-state index is 12.4. The monoisotopic (exact) mass is 419 g/mol. The van der Waals surface area contributed by atoms with Crippen molar-refractivity contribution in [1.29, 1.82) is 0 Å². The number of hydrogen-bond donors (Lipinski definition) is 2. The lowest BCUT2D eigenvalue weighted by molar-refractivity contribution is -0.125. The number of amides is 1. The van der Waals surface area contributed by atoms with Crippen LogP contribution in [0.5, 0.6) is 0 Å². The van der Waals surface area contributed by atoms with Crippen molar-refractivity contribution in [3.05, 3.63) is 29.0 Å². The van der Waals surface area contributed by atoms with Crippen LogP contribution in [-0.4, -0.2) is 62.9 Å². The van der Waals surface area contributed by atoms with Crippen molar-refractivity contribution in [2.45, 2.75) is 71.6 Å². The van der Waals surface area contributed by atoms with E-state index in [-0.39, 0.29) is 11.4 Å². The van der Waals surface area contributed by atoms with Gasteiger partial charge < -0.3 is 10.3 Å². The number of nitrogens with one attached hydrogen (secondary N) is 2. The number of hydrogen-bond acceptors (Lipinski definition) is 4. The number of aromatic amines is 1. The molecule has 29 heavy (non-hydrogen) atoms. The number of nitrogens with zero attached hydrogens (tertiary/aromatic N) is 3. The molecule has 2 saturated heterocycles. The van der Waals surface area contributed by atoms with Gasteiger partial charge in [-0.2, -0.15) is 0 Å². The Kier molecular flexibility index (Phi) is 6.87. The number of carbonyl (C=O) groups excluding carboxylic acids is 1. The average molecular weight is 420 g/mol. The number of carbonyl (C=O) groups is 1. The van der Waals surface area contributed by atoms with E-state index in [1.54, 1.807) is 0 Å². The van der Waals surface area contributed by atoms with Gasteiger partial charge in [0.05, 0.1) is 23.6 Å². The van der Waals surface area contributed by atoms with Gasteiger partial charge in [0, 0.05) is 30.7 Å². The molecule has 0 aliphatic carbocycles. The molecule has 1 aromatic heterocycles. The normalized spacial score (nSPS) is 22.4. The molecule has 2 aliphatic rings. The van der Waals surface area contributed by atoms with E-state index >= 15 is 0 Å². The third-order valence-electron chi connectivity index (χ3n) is 5.44. The molecule has 2 fully saturated rings. The van der Waals surface area contributed by atoms with Gasteiger partial charge >= 0.3 is 0 Å². The minimum Gasteiger partial charge on any atom is -0.350 e. The SMILES string of the molecule is CC.CC(C)(C)NC(=O)CN1C2CCC1CN(Cc1nc3c(Cl)cccc3[nH]1)C2. The Bertz CT molecular complexity index is 829. The first kappa shape index (κ1) is 22.1. The van der Waals surface area contributed by atoms with Crippen molar-refractivity contribution in [3.63, 3.8) is 0 Å². The van der Waals surface area contributed by atoms with Crippen molar-refractivity contribution < 1.29 is 4.79 Å². The smallest absolute Gasteiger partial charge is 0.234 e. The molecular weight excluding hydrogens is 386 g/mol. The quantitative estimate of drug-likeness (QED) is 0.790. The standard InChI is InChI=1S/C20H28ClN5O.C2H6/c1-20(2,3)24-18(27)12-26-13-7-8-14(26)10-25(9-13)11-17-22-16-6-4-5-15(21)19(16)23-17;1-2/h4-6,13-14H,7-12H2,1-3H3,(H,22,23)(H,24,27);1-2H3. The molecule has 2 N–H and O–H groups in total. The molecule has 6 nitrogen and oxygen atoms in total. The van der Waals surface area contributed by atoms with Gasteiger partial charge in [0.1, 0.15) is 11.3 Å². The van der Waals surface area contributed by atoms with Crippen LogP contribution in [0.25, 0.3) is 11.0 Å². The Labute approximate surface area is 179 Å². The largest absolute Gasteiger partial charge is 0.350 e. The summed E-state index contributed by atoms with van der Waals surface area (Å²) in [4.78, 5) is 25.3. The highest BCUT2D eigenvalue weighted by Crippen LogP contribution is 2.31. The Balaban J connectivity index is 0.00000117. The summed E-state index contributed by atoms with van der Waals surface area (Å²) in [6.45, 7) is 13.3. The molecule has 2 aromatic rings. The zero-order valence-corrected chi connectivity index (χ0v) is 19.0. The summed E-state index contributed by atoms with van der Waals surface area (Å²) >= 11 is 6.24. The van der Waals surface area contributed by atoms with Gasteiger partial charge in [-0.15, -0.1) is 0 Å². The summed E-state index contributed by atoms with van der Waals surface area (Å²) in [6.07, 6.45) is 2.33. The van der Waals surface area contributed by atoms with Gasteiger partial charge in [0.25, 0.3) is 0 Å². The number of piperazine rings is 1. The second-order valence-electron chi connectivity index (χ2n) is 8.87. The molecule has 2 bridgehead atoms. The first-order chi connectivity index (χ1) is 13.8. The van der Waals surface area contributed by atoms with Gasteiger partial charge in [-0.25, -0.2) is 4.98 Å². The summed E-state index contributed by atoms with van der Waals surface area (Å²) in [5.74, 6) is 1.08. The van der Waals surface area contributed by atoms with Crippen LogP contribution < -0.4 is 5.32 Å². The lowest BCUT2D eigenvalue weighted by Crippen LogP contribution is -2.56. The number of benzene rings is 1. The second kappa shape index (κ2) is 9.02. The number of likely N-dealkylation sites (tertiary alicyclic amines) is 1.